The second-order valence-electron chi connectivity index (χ2n) is 5.07. The van der Waals surface area contributed by atoms with Gasteiger partial charge in [-0.2, -0.15) is 0 Å². The average Bonchev–Trinajstić information content (AvgIpc) is 2.13. The zero-order chi connectivity index (χ0) is 11.1. The van der Waals surface area contributed by atoms with E-state index in [1.165, 1.54) is 7.11 Å². The van der Waals surface area contributed by atoms with Crippen molar-refractivity contribution in [1.82, 2.24) is 0 Å². The fraction of sp³-hybridized carbons (Fsp3) is 0.750. The van der Waals surface area contributed by atoms with Gasteiger partial charge < -0.3 is 9.84 Å². The van der Waals surface area contributed by atoms with E-state index in [0.29, 0.717) is 18.8 Å². The molecule has 2 bridgehead atoms. The second-order valence-corrected chi connectivity index (χ2v) is 5.07. The lowest BCUT2D eigenvalue weighted by molar-refractivity contribution is -0.160. The maximum Gasteiger partial charge on any atom is 0.312 e. The number of carbonyl (C=O) groups is 1. The number of ether oxygens (including phenoxy) is 1. The van der Waals surface area contributed by atoms with Gasteiger partial charge in [-0.25, -0.2) is 0 Å². The Bertz CT molecular complexity index is 293. The van der Waals surface area contributed by atoms with Crippen LogP contribution in [-0.4, -0.2) is 24.3 Å². The molecule has 0 amide bonds. The average molecular weight is 210 g/mol. The van der Waals surface area contributed by atoms with E-state index in [-0.39, 0.29) is 12.1 Å². The topological polar surface area (TPSA) is 46.5 Å². The molecule has 0 radical (unpaired) electrons. The largest absolute Gasteiger partial charge is 0.469 e. The summed E-state index contributed by atoms with van der Waals surface area (Å²) in [6.45, 7) is 3.99. The summed E-state index contributed by atoms with van der Waals surface area (Å²) in [6, 6.07) is 0. The van der Waals surface area contributed by atoms with Gasteiger partial charge >= 0.3 is 5.97 Å². The molecule has 3 nitrogen and oxygen atoms in total. The molecule has 2 aliphatic carbocycles. The third kappa shape index (κ3) is 1.81. The number of allylic oxidation sites excluding steroid dienone is 1. The van der Waals surface area contributed by atoms with Crippen LogP contribution in [-0.2, 0) is 9.53 Å². The van der Waals surface area contributed by atoms with Crippen molar-refractivity contribution in [3.8, 4) is 0 Å². The van der Waals surface area contributed by atoms with Crippen molar-refractivity contribution in [2.75, 3.05) is 7.11 Å². The van der Waals surface area contributed by atoms with E-state index in [2.05, 4.69) is 6.58 Å². The third-order valence-electron chi connectivity index (χ3n) is 3.70. The van der Waals surface area contributed by atoms with Gasteiger partial charge in [0, 0.05) is 0 Å². The van der Waals surface area contributed by atoms with E-state index in [1.54, 1.807) is 0 Å². The van der Waals surface area contributed by atoms with Crippen LogP contribution in [0.3, 0.4) is 0 Å². The summed E-state index contributed by atoms with van der Waals surface area (Å²) in [6.07, 6.45) is 3.49. The van der Waals surface area contributed by atoms with Crippen LogP contribution >= 0.6 is 0 Å². The van der Waals surface area contributed by atoms with Crippen molar-refractivity contribution in [1.29, 1.82) is 0 Å². The van der Waals surface area contributed by atoms with Gasteiger partial charge in [0.25, 0.3) is 0 Å². The van der Waals surface area contributed by atoms with Gasteiger partial charge in [0.05, 0.1) is 18.6 Å². The van der Waals surface area contributed by atoms with Crippen molar-refractivity contribution in [2.24, 2.45) is 11.3 Å². The quantitative estimate of drug-likeness (QED) is 0.529. The van der Waals surface area contributed by atoms with E-state index >= 15 is 0 Å². The first-order valence-corrected chi connectivity index (χ1v) is 5.49. The Kier molecular flexibility index (Phi) is 2.59. The molecule has 0 spiro atoms. The van der Waals surface area contributed by atoms with Gasteiger partial charge in [-0.15, -0.1) is 0 Å². The molecular weight excluding hydrogens is 192 g/mol. The Hall–Kier alpha value is -0.830. The molecule has 2 aliphatic rings. The maximum atomic E-state index is 11.8. The number of fused-ring (bicyclic) bond motifs is 2. The van der Waals surface area contributed by atoms with Gasteiger partial charge in [0.2, 0.25) is 0 Å². The monoisotopic (exact) mass is 210 g/mol. The second kappa shape index (κ2) is 3.63. The van der Waals surface area contributed by atoms with Gasteiger partial charge in [-0.3, -0.25) is 4.79 Å². The highest BCUT2D eigenvalue weighted by atomic mass is 16.5. The fourth-order valence-electron chi connectivity index (χ4n) is 3.35. The summed E-state index contributed by atoms with van der Waals surface area (Å²) in [5.41, 5.74) is 0.649. The van der Waals surface area contributed by atoms with Crippen molar-refractivity contribution in [2.45, 2.75) is 38.2 Å². The lowest BCUT2D eigenvalue weighted by Crippen LogP contribution is -2.45. The van der Waals surface area contributed by atoms with Gasteiger partial charge in [-0.05, 0) is 38.0 Å². The molecule has 2 fully saturated rings. The predicted octanol–water partition coefficient (Wildman–Crippen LogP) is 1.66. The van der Waals surface area contributed by atoms with Crippen molar-refractivity contribution in [3.05, 3.63) is 12.2 Å². The summed E-state index contributed by atoms with van der Waals surface area (Å²) in [4.78, 5) is 11.8. The fourth-order valence-corrected chi connectivity index (χ4v) is 3.35. The molecule has 2 rings (SSSR count). The first-order chi connectivity index (χ1) is 7.05. The van der Waals surface area contributed by atoms with Crippen molar-refractivity contribution in [3.63, 3.8) is 0 Å². The summed E-state index contributed by atoms with van der Waals surface area (Å²) in [5, 5.41) is 9.77. The number of aliphatic hydroxyl groups excluding tert-OH is 1. The molecule has 3 heteroatoms. The zero-order valence-corrected chi connectivity index (χ0v) is 9.16. The molecule has 15 heavy (non-hydrogen) atoms. The normalized spacial score (nSPS) is 40.0. The summed E-state index contributed by atoms with van der Waals surface area (Å²) in [7, 11) is 1.42. The van der Waals surface area contributed by atoms with Crippen LogP contribution in [0.15, 0.2) is 12.2 Å². The first kappa shape index (κ1) is 10.7. The molecule has 0 saturated heterocycles. The van der Waals surface area contributed by atoms with Gasteiger partial charge in [-0.1, -0.05) is 12.2 Å². The number of methoxy groups -OCH3 is 1. The Morgan fingerprint density at radius 3 is 3.00 bits per heavy atom. The molecule has 1 N–H and O–H groups in total. The van der Waals surface area contributed by atoms with Crippen LogP contribution in [0.25, 0.3) is 0 Å². The molecule has 0 heterocycles. The predicted molar refractivity (Wildman–Crippen MR) is 56.2 cm³/mol. The van der Waals surface area contributed by atoms with Crippen LogP contribution in [0, 0.1) is 11.3 Å². The summed E-state index contributed by atoms with van der Waals surface area (Å²) >= 11 is 0. The summed E-state index contributed by atoms with van der Waals surface area (Å²) in [5.74, 6) is 0.237. The number of rotatable bonds is 1. The standard InChI is InChI=1S/C12H18O3/c1-8-3-9-4-10(13)7-12(5-8,6-9)11(14)15-2/h9-10,13H,1,3-7H2,2H3. The number of carbonyl (C=O) groups excluding carboxylic acids is 1. The first-order valence-electron chi connectivity index (χ1n) is 5.49. The van der Waals surface area contributed by atoms with Crippen LogP contribution in [0.5, 0.6) is 0 Å². The molecule has 0 aromatic carbocycles. The maximum absolute atomic E-state index is 11.8. The molecule has 3 atom stereocenters. The van der Waals surface area contributed by atoms with Crippen molar-refractivity contribution < 1.29 is 14.6 Å². The Morgan fingerprint density at radius 2 is 2.33 bits per heavy atom. The zero-order valence-electron chi connectivity index (χ0n) is 9.16. The lowest BCUT2D eigenvalue weighted by atomic mass is 9.60. The number of hydrogen-bond donors (Lipinski definition) is 1. The van der Waals surface area contributed by atoms with Crippen LogP contribution in [0.4, 0.5) is 0 Å². The number of hydrogen-bond acceptors (Lipinski definition) is 3. The highest BCUT2D eigenvalue weighted by molar-refractivity contribution is 5.77. The highest BCUT2D eigenvalue weighted by Gasteiger charge is 2.49. The van der Waals surface area contributed by atoms with E-state index in [0.717, 1.165) is 24.8 Å². The minimum Gasteiger partial charge on any atom is -0.469 e. The molecule has 0 aliphatic heterocycles. The third-order valence-corrected chi connectivity index (χ3v) is 3.70. The van der Waals surface area contributed by atoms with E-state index in [4.69, 9.17) is 4.74 Å². The van der Waals surface area contributed by atoms with Gasteiger partial charge in [0.1, 0.15) is 0 Å². The van der Waals surface area contributed by atoms with Gasteiger partial charge in [0.15, 0.2) is 0 Å². The molecule has 2 saturated carbocycles. The Labute approximate surface area is 90.1 Å². The molecule has 0 aromatic rings. The number of esters is 1. The van der Waals surface area contributed by atoms with E-state index < -0.39 is 5.41 Å². The van der Waals surface area contributed by atoms with E-state index in [1.807, 2.05) is 0 Å². The molecule has 3 unspecified atom stereocenters. The molecule has 0 aromatic heterocycles. The number of aliphatic hydroxyl groups is 1. The minimum absolute atomic E-state index is 0.174. The SMILES string of the molecule is C=C1CC2CC(O)CC(C(=O)OC)(C1)C2. The van der Waals surface area contributed by atoms with E-state index in [9.17, 15) is 9.90 Å². The Morgan fingerprint density at radius 1 is 1.60 bits per heavy atom. The van der Waals surface area contributed by atoms with Crippen molar-refractivity contribution >= 4 is 5.97 Å². The molecular formula is C12H18O3. The van der Waals surface area contributed by atoms with Crippen LogP contribution in [0.1, 0.15) is 32.1 Å². The minimum atomic E-state index is -0.480. The van der Waals surface area contributed by atoms with Crippen LogP contribution in [0.2, 0.25) is 0 Å². The van der Waals surface area contributed by atoms with Crippen LogP contribution < -0.4 is 0 Å². The smallest absolute Gasteiger partial charge is 0.312 e. The molecule has 84 valence electrons. The summed E-state index contributed by atoms with van der Waals surface area (Å²) < 4.78 is 4.87. The highest BCUT2D eigenvalue weighted by Crippen LogP contribution is 2.51. The Balaban J connectivity index is 2.26. The lowest BCUT2D eigenvalue weighted by Gasteiger charge is -2.45.